The molecule has 0 aliphatic rings. The maximum atomic E-state index is 12.2. The van der Waals surface area contributed by atoms with Gasteiger partial charge in [0, 0.05) is 19.7 Å². The van der Waals surface area contributed by atoms with Gasteiger partial charge in [-0.05, 0) is 25.1 Å². The lowest BCUT2D eigenvalue weighted by Gasteiger charge is -2.18. The molecule has 3 N–H and O–H groups in total. The quantitative estimate of drug-likeness (QED) is 0.764. The molecule has 0 saturated heterocycles. The number of carbonyl (C=O) groups is 1. The minimum atomic E-state index is -3.87. The van der Waals surface area contributed by atoms with Crippen molar-refractivity contribution in [1.29, 1.82) is 0 Å². The molecule has 1 rings (SSSR count). The zero-order chi connectivity index (χ0) is 16.4. The van der Waals surface area contributed by atoms with E-state index in [0.29, 0.717) is 5.56 Å². The van der Waals surface area contributed by atoms with Gasteiger partial charge >= 0.3 is 0 Å². The Labute approximate surface area is 134 Å². The summed E-state index contributed by atoms with van der Waals surface area (Å²) in [4.78, 5) is 13.0. The van der Waals surface area contributed by atoms with Crippen molar-refractivity contribution in [3.05, 3.63) is 28.8 Å². The van der Waals surface area contributed by atoms with Crippen molar-refractivity contribution in [2.75, 3.05) is 14.1 Å². The van der Waals surface area contributed by atoms with E-state index in [1.165, 1.54) is 30.0 Å². The number of sulfonamides is 1. The van der Waals surface area contributed by atoms with E-state index in [1.807, 2.05) is 0 Å². The van der Waals surface area contributed by atoms with Gasteiger partial charge in [-0.25, -0.2) is 8.42 Å². The first kappa shape index (κ1) is 17.8. The van der Waals surface area contributed by atoms with Crippen molar-refractivity contribution in [2.45, 2.75) is 17.9 Å². The standard InChI is InChI=1S/C12H16ClN3O3S2/c1-7(12(17)16(2)3)15-21(18,19)8-4-5-9(11(14)20)10(13)6-8/h4-7,15H,1-3H3,(H2,14,20). The van der Waals surface area contributed by atoms with Gasteiger partial charge in [0.05, 0.1) is 16.0 Å². The lowest BCUT2D eigenvalue weighted by molar-refractivity contribution is -0.130. The average Bonchev–Trinajstić information content (AvgIpc) is 2.36. The van der Waals surface area contributed by atoms with Gasteiger partial charge in [-0.1, -0.05) is 23.8 Å². The number of halogens is 1. The van der Waals surface area contributed by atoms with Crippen molar-refractivity contribution in [3.63, 3.8) is 0 Å². The minimum absolute atomic E-state index is 0.0640. The highest BCUT2D eigenvalue weighted by Gasteiger charge is 2.23. The second-order valence-corrected chi connectivity index (χ2v) is 7.14. The monoisotopic (exact) mass is 349 g/mol. The lowest BCUT2D eigenvalue weighted by atomic mass is 10.2. The second-order valence-electron chi connectivity index (χ2n) is 4.58. The molecule has 0 saturated carbocycles. The Balaban J connectivity index is 3.07. The molecule has 6 nitrogen and oxygen atoms in total. The molecule has 1 unspecified atom stereocenters. The van der Waals surface area contributed by atoms with Gasteiger partial charge in [-0.2, -0.15) is 4.72 Å². The molecule has 116 valence electrons. The Morgan fingerprint density at radius 1 is 1.43 bits per heavy atom. The fourth-order valence-corrected chi connectivity index (χ4v) is 3.40. The summed E-state index contributed by atoms with van der Waals surface area (Å²) in [7, 11) is -0.784. The summed E-state index contributed by atoms with van der Waals surface area (Å²) >= 11 is 10.7. The Morgan fingerprint density at radius 2 is 2.00 bits per heavy atom. The molecule has 0 heterocycles. The highest BCUT2D eigenvalue weighted by Crippen LogP contribution is 2.21. The number of amides is 1. The molecule has 0 aliphatic heterocycles. The highest BCUT2D eigenvalue weighted by atomic mass is 35.5. The molecule has 0 bridgehead atoms. The smallest absolute Gasteiger partial charge is 0.241 e. The predicted molar refractivity (Wildman–Crippen MR) is 85.8 cm³/mol. The van der Waals surface area contributed by atoms with Crippen molar-refractivity contribution < 1.29 is 13.2 Å². The number of carbonyl (C=O) groups excluding carboxylic acids is 1. The highest BCUT2D eigenvalue weighted by molar-refractivity contribution is 7.89. The van der Waals surface area contributed by atoms with Crippen LogP contribution in [-0.2, 0) is 14.8 Å². The Hall–Kier alpha value is -1.22. The predicted octanol–water partition coefficient (Wildman–Crippen LogP) is 0.729. The molecule has 1 amide bonds. The normalized spacial score (nSPS) is 12.8. The summed E-state index contributed by atoms with van der Waals surface area (Å²) in [5.74, 6) is -0.357. The average molecular weight is 350 g/mol. The third-order valence-electron chi connectivity index (χ3n) is 2.66. The molecule has 1 atom stereocenters. The molecule has 0 spiro atoms. The molecule has 0 aliphatic carbocycles. The lowest BCUT2D eigenvalue weighted by Crippen LogP contribution is -2.44. The molecule has 0 fully saturated rings. The van der Waals surface area contributed by atoms with E-state index in [1.54, 1.807) is 14.1 Å². The summed E-state index contributed by atoms with van der Waals surface area (Å²) in [5, 5.41) is 0.136. The number of nitrogens with zero attached hydrogens (tertiary/aromatic N) is 1. The van der Waals surface area contributed by atoms with Crippen LogP contribution >= 0.6 is 23.8 Å². The van der Waals surface area contributed by atoms with E-state index in [0.717, 1.165) is 0 Å². The third-order valence-corrected chi connectivity index (χ3v) is 4.73. The topological polar surface area (TPSA) is 92.5 Å². The van der Waals surface area contributed by atoms with Gasteiger partial charge < -0.3 is 10.6 Å². The maximum Gasteiger partial charge on any atom is 0.241 e. The largest absolute Gasteiger partial charge is 0.389 e. The fraction of sp³-hybridized carbons (Fsp3) is 0.333. The maximum absolute atomic E-state index is 12.2. The number of nitrogens with one attached hydrogen (secondary N) is 1. The van der Waals surface area contributed by atoms with Crippen molar-refractivity contribution in [1.82, 2.24) is 9.62 Å². The number of hydrogen-bond acceptors (Lipinski definition) is 4. The Bertz CT molecular complexity index is 674. The molecule has 0 aromatic heterocycles. The molecular weight excluding hydrogens is 334 g/mol. The molecule has 0 radical (unpaired) electrons. The number of nitrogens with two attached hydrogens (primary N) is 1. The van der Waals surface area contributed by atoms with Gasteiger partial charge in [-0.3, -0.25) is 4.79 Å². The third kappa shape index (κ3) is 4.37. The van der Waals surface area contributed by atoms with E-state index >= 15 is 0 Å². The van der Waals surface area contributed by atoms with E-state index in [2.05, 4.69) is 4.72 Å². The van der Waals surface area contributed by atoms with Gasteiger partial charge in [0.25, 0.3) is 0 Å². The van der Waals surface area contributed by atoms with Gasteiger partial charge in [0.15, 0.2) is 0 Å². The second kappa shape index (κ2) is 6.69. The van der Waals surface area contributed by atoms with Crippen LogP contribution in [0.5, 0.6) is 0 Å². The van der Waals surface area contributed by atoms with E-state index < -0.39 is 16.1 Å². The molecule has 1 aromatic rings. The molecule has 1 aromatic carbocycles. The first-order valence-corrected chi connectivity index (χ1v) is 8.16. The van der Waals surface area contributed by atoms with Crippen LogP contribution in [0.1, 0.15) is 12.5 Å². The summed E-state index contributed by atoms with van der Waals surface area (Å²) in [6, 6.07) is 3.11. The van der Waals surface area contributed by atoms with Crippen LogP contribution < -0.4 is 10.5 Å². The van der Waals surface area contributed by atoms with Crippen molar-refractivity contribution in [3.8, 4) is 0 Å². The van der Waals surface area contributed by atoms with Gasteiger partial charge in [0.2, 0.25) is 15.9 Å². The van der Waals surface area contributed by atoms with Crippen LogP contribution in [0.15, 0.2) is 23.1 Å². The van der Waals surface area contributed by atoms with Crippen LogP contribution in [-0.4, -0.2) is 44.4 Å². The zero-order valence-corrected chi connectivity index (χ0v) is 14.1. The van der Waals surface area contributed by atoms with E-state index in [-0.39, 0.29) is 20.8 Å². The van der Waals surface area contributed by atoms with Crippen molar-refractivity contribution >= 4 is 44.7 Å². The molecule has 9 heteroatoms. The number of benzene rings is 1. The van der Waals surface area contributed by atoms with Crippen LogP contribution in [0, 0.1) is 0 Å². The van der Waals surface area contributed by atoms with Crippen molar-refractivity contribution in [2.24, 2.45) is 5.73 Å². The fourth-order valence-electron chi connectivity index (χ4n) is 1.60. The summed E-state index contributed by atoms with van der Waals surface area (Å²) < 4.78 is 26.7. The van der Waals surface area contributed by atoms with E-state index in [9.17, 15) is 13.2 Å². The molecular formula is C12H16ClN3O3S2. The van der Waals surface area contributed by atoms with Crippen LogP contribution in [0.2, 0.25) is 5.02 Å². The SMILES string of the molecule is CC(NS(=O)(=O)c1ccc(C(N)=S)c(Cl)c1)C(=O)N(C)C. The number of likely N-dealkylation sites (N-methyl/N-ethyl adjacent to an activating group) is 1. The summed E-state index contributed by atoms with van der Waals surface area (Å²) in [5.41, 5.74) is 5.85. The number of thiocarbonyl (C=S) groups is 1. The molecule has 21 heavy (non-hydrogen) atoms. The first-order valence-electron chi connectivity index (χ1n) is 5.89. The van der Waals surface area contributed by atoms with E-state index in [4.69, 9.17) is 29.6 Å². The van der Waals surface area contributed by atoms with Gasteiger partial charge in [0.1, 0.15) is 4.99 Å². The van der Waals surface area contributed by atoms with Gasteiger partial charge in [-0.15, -0.1) is 0 Å². The minimum Gasteiger partial charge on any atom is -0.389 e. The number of hydrogen-bond donors (Lipinski definition) is 2. The first-order chi connectivity index (χ1) is 9.56. The number of rotatable bonds is 5. The van der Waals surface area contributed by atoms with Crippen LogP contribution in [0.4, 0.5) is 0 Å². The zero-order valence-electron chi connectivity index (χ0n) is 11.8. The van der Waals surface area contributed by atoms with Crippen LogP contribution in [0.25, 0.3) is 0 Å². The summed E-state index contributed by atoms with van der Waals surface area (Å²) in [6.07, 6.45) is 0. The Kier molecular flexibility index (Phi) is 5.68. The van der Waals surface area contributed by atoms with Crippen LogP contribution in [0.3, 0.4) is 0 Å². The summed E-state index contributed by atoms with van der Waals surface area (Å²) in [6.45, 7) is 1.46. The Morgan fingerprint density at radius 3 is 2.43 bits per heavy atom.